The Kier molecular flexibility index (Phi) is 6.68. The standard InChI is InChI=1S/C24H32N4O3/c1-17(2)24-25-21(31-26-24)12-13-23(30)27-15-14-20-19(27)10-6-7-11-22(29)28(20)16-18-8-4-3-5-9-18/h3-5,8-9,17,19-20H,6-7,10-16H2,1-2H3/t19-,20+/m1/s1. The maximum absolute atomic E-state index is 13.1. The summed E-state index contributed by atoms with van der Waals surface area (Å²) in [6.07, 6.45) is 5.07. The van der Waals surface area contributed by atoms with Crippen molar-refractivity contribution in [1.29, 1.82) is 0 Å². The second-order valence-electron chi connectivity index (χ2n) is 8.96. The van der Waals surface area contributed by atoms with Gasteiger partial charge < -0.3 is 14.3 Å². The van der Waals surface area contributed by atoms with Crippen molar-refractivity contribution in [3.8, 4) is 0 Å². The van der Waals surface area contributed by atoms with Crippen LogP contribution in [0, 0.1) is 0 Å². The molecule has 2 aromatic rings. The average molecular weight is 425 g/mol. The molecule has 0 spiro atoms. The van der Waals surface area contributed by atoms with Crippen molar-refractivity contribution in [1.82, 2.24) is 19.9 Å². The smallest absolute Gasteiger partial charge is 0.227 e. The van der Waals surface area contributed by atoms with Crippen LogP contribution in [0.3, 0.4) is 0 Å². The second-order valence-corrected chi connectivity index (χ2v) is 8.96. The van der Waals surface area contributed by atoms with E-state index >= 15 is 0 Å². The molecule has 31 heavy (non-hydrogen) atoms. The Morgan fingerprint density at radius 2 is 1.97 bits per heavy atom. The fraction of sp³-hybridized carbons (Fsp3) is 0.583. The highest BCUT2D eigenvalue weighted by Crippen LogP contribution is 2.31. The topological polar surface area (TPSA) is 79.5 Å². The van der Waals surface area contributed by atoms with Gasteiger partial charge in [0, 0.05) is 38.3 Å². The zero-order chi connectivity index (χ0) is 21.8. The number of amides is 2. The van der Waals surface area contributed by atoms with Crippen LogP contribution in [0.1, 0.15) is 75.6 Å². The maximum atomic E-state index is 13.1. The molecule has 2 aliphatic heterocycles. The molecule has 3 heterocycles. The van der Waals surface area contributed by atoms with E-state index in [4.69, 9.17) is 4.52 Å². The summed E-state index contributed by atoms with van der Waals surface area (Å²) in [4.78, 5) is 34.5. The lowest BCUT2D eigenvalue weighted by molar-refractivity contribution is -0.139. The van der Waals surface area contributed by atoms with Gasteiger partial charge in [-0.05, 0) is 24.8 Å². The van der Waals surface area contributed by atoms with Gasteiger partial charge in [-0.3, -0.25) is 9.59 Å². The van der Waals surface area contributed by atoms with Gasteiger partial charge in [-0.25, -0.2) is 0 Å². The molecule has 2 amide bonds. The molecule has 166 valence electrons. The minimum Gasteiger partial charge on any atom is -0.339 e. The molecule has 7 nitrogen and oxygen atoms in total. The van der Waals surface area contributed by atoms with Crippen molar-refractivity contribution in [2.75, 3.05) is 6.54 Å². The normalized spacial score (nSPS) is 21.8. The SMILES string of the molecule is CC(C)c1noc(CCC(=O)N2CC[C@H]3[C@H]2CCCCC(=O)N3Cc2ccccc2)n1. The van der Waals surface area contributed by atoms with E-state index in [0.29, 0.717) is 44.1 Å². The monoisotopic (exact) mass is 424 g/mol. The van der Waals surface area contributed by atoms with Crippen LogP contribution in [0.5, 0.6) is 0 Å². The number of hydrogen-bond donors (Lipinski definition) is 0. The molecule has 0 N–H and O–H groups in total. The molecule has 0 saturated carbocycles. The summed E-state index contributed by atoms with van der Waals surface area (Å²) in [5.74, 6) is 1.73. The predicted molar refractivity (Wildman–Crippen MR) is 116 cm³/mol. The molecule has 0 aliphatic carbocycles. The van der Waals surface area contributed by atoms with Crippen molar-refractivity contribution in [3.63, 3.8) is 0 Å². The zero-order valence-electron chi connectivity index (χ0n) is 18.5. The summed E-state index contributed by atoms with van der Waals surface area (Å²) < 4.78 is 5.29. The number of aromatic nitrogens is 2. The lowest BCUT2D eigenvalue weighted by atomic mass is 9.96. The van der Waals surface area contributed by atoms with Gasteiger partial charge in [-0.1, -0.05) is 55.8 Å². The van der Waals surface area contributed by atoms with E-state index in [2.05, 4.69) is 22.3 Å². The van der Waals surface area contributed by atoms with Crippen LogP contribution in [0.4, 0.5) is 0 Å². The number of aryl methyl sites for hydroxylation is 1. The first-order valence-corrected chi connectivity index (χ1v) is 11.5. The van der Waals surface area contributed by atoms with E-state index in [9.17, 15) is 9.59 Å². The lowest BCUT2D eigenvalue weighted by Crippen LogP contribution is -2.49. The van der Waals surface area contributed by atoms with Gasteiger partial charge >= 0.3 is 0 Å². The molecule has 2 fully saturated rings. The van der Waals surface area contributed by atoms with Gasteiger partial charge in [0.1, 0.15) is 0 Å². The van der Waals surface area contributed by atoms with Gasteiger partial charge in [-0.2, -0.15) is 4.98 Å². The van der Waals surface area contributed by atoms with Gasteiger partial charge in [-0.15, -0.1) is 0 Å². The highest BCUT2D eigenvalue weighted by atomic mass is 16.5. The molecule has 2 atom stereocenters. The van der Waals surface area contributed by atoms with E-state index in [1.165, 1.54) is 0 Å². The van der Waals surface area contributed by atoms with E-state index < -0.39 is 0 Å². The van der Waals surface area contributed by atoms with Crippen LogP contribution in [-0.4, -0.2) is 50.4 Å². The third kappa shape index (κ3) is 4.97. The maximum Gasteiger partial charge on any atom is 0.227 e. The Morgan fingerprint density at radius 3 is 2.71 bits per heavy atom. The first-order chi connectivity index (χ1) is 15.0. The first-order valence-electron chi connectivity index (χ1n) is 11.5. The number of likely N-dealkylation sites (tertiary alicyclic amines) is 2. The largest absolute Gasteiger partial charge is 0.339 e. The first kappa shape index (κ1) is 21.5. The molecule has 2 aliphatic rings. The van der Waals surface area contributed by atoms with E-state index in [0.717, 1.165) is 31.2 Å². The average Bonchev–Trinajstić information content (AvgIpc) is 3.40. The van der Waals surface area contributed by atoms with Crippen LogP contribution in [0.25, 0.3) is 0 Å². The fourth-order valence-electron chi connectivity index (χ4n) is 4.76. The van der Waals surface area contributed by atoms with Crippen LogP contribution in [0.15, 0.2) is 34.9 Å². The van der Waals surface area contributed by atoms with Crippen LogP contribution < -0.4 is 0 Å². The zero-order valence-corrected chi connectivity index (χ0v) is 18.5. The van der Waals surface area contributed by atoms with E-state index in [1.54, 1.807) is 0 Å². The van der Waals surface area contributed by atoms with Crippen molar-refractivity contribution in [3.05, 3.63) is 47.6 Å². The lowest BCUT2D eigenvalue weighted by Gasteiger charge is -2.37. The highest BCUT2D eigenvalue weighted by molar-refractivity contribution is 5.79. The number of hydrogen-bond acceptors (Lipinski definition) is 5. The molecule has 7 heteroatoms. The van der Waals surface area contributed by atoms with Crippen molar-refractivity contribution in [2.24, 2.45) is 0 Å². The van der Waals surface area contributed by atoms with Crippen molar-refractivity contribution >= 4 is 11.8 Å². The summed E-state index contributed by atoms with van der Waals surface area (Å²) in [6.45, 7) is 5.35. The van der Waals surface area contributed by atoms with Gasteiger partial charge in [0.2, 0.25) is 17.7 Å². The van der Waals surface area contributed by atoms with E-state index in [1.807, 2.05) is 41.8 Å². The Morgan fingerprint density at radius 1 is 1.16 bits per heavy atom. The molecule has 0 radical (unpaired) electrons. The summed E-state index contributed by atoms with van der Waals surface area (Å²) in [5.41, 5.74) is 1.14. The molecule has 1 aromatic heterocycles. The summed E-state index contributed by atoms with van der Waals surface area (Å²) in [6, 6.07) is 10.3. The van der Waals surface area contributed by atoms with Gasteiger partial charge in [0.05, 0.1) is 12.1 Å². The minimum atomic E-state index is 0.0907. The molecule has 4 rings (SSSR count). The number of nitrogens with zero attached hydrogens (tertiary/aromatic N) is 4. The van der Waals surface area contributed by atoms with Crippen LogP contribution >= 0.6 is 0 Å². The fourth-order valence-corrected chi connectivity index (χ4v) is 4.76. The van der Waals surface area contributed by atoms with Crippen LogP contribution in [0.2, 0.25) is 0 Å². The number of carbonyl (C=O) groups is 2. The quantitative estimate of drug-likeness (QED) is 0.706. The minimum absolute atomic E-state index is 0.0907. The molecule has 1 aromatic carbocycles. The Balaban J connectivity index is 1.43. The Hall–Kier alpha value is -2.70. The van der Waals surface area contributed by atoms with Crippen LogP contribution in [-0.2, 0) is 22.6 Å². The summed E-state index contributed by atoms with van der Waals surface area (Å²) >= 11 is 0. The number of rotatable bonds is 6. The molecule has 0 bridgehead atoms. The van der Waals surface area contributed by atoms with Gasteiger partial charge in [0.25, 0.3) is 0 Å². The summed E-state index contributed by atoms with van der Waals surface area (Å²) in [7, 11) is 0. The third-order valence-electron chi connectivity index (χ3n) is 6.44. The summed E-state index contributed by atoms with van der Waals surface area (Å²) in [5, 5.41) is 3.98. The number of benzene rings is 1. The second kappa shape index (κ2) is 9.62. The Labute approximate surface area is 183 Å². The number of carbonyl (C=O) groups excluding carboxylic acids is 2. The predicted octanol–water partition coefficient (Wildman–Crippen LogP) is 3.70. The van der Waals surface area contributed by atoms with Gasteiger partial charge in [0.15, 0.2) is 5.82 Å². The Bertz CT molecular complexity index is 895. The highest BCUT2D eigenvalue weighted by Gasteiger charge is 2.42. The van der Waals surface area contributed by atoms with Crippen molar-refractivity contribution < 1.29 is 14.1 Å². The number of fused-ring (bicyclic) bond motifs is 1. The molecule has 2 saturated heterocycles. The molecular formula is C24H32N4O3. The third-order valence-corrected chi connectivity index (χ3v) is 6.44. The van der Waals surface area contributed by atoms with Crippen molar-refractivity contribution in [2.45, 2.75) is 83.3 Å². The molecule has 0 unspecified atom stereocenters. The van der Waals surface area contributed by atoms with E-state index in [-0.39, 0.29) is 29.8 Å². The molecular weight excluding hydrogens is 392 g/mol.